The lowest BCUT2D eigenvalue weighted by Gasteiger charge is -2.39. The van der Waals surface area contributed by atoms with E-state index in [1.165, 1.54) is 51.6 Å². The van der Waals surface area contributed by atoms with Gasteiger partial charge in [0, 0.05) is 20.0 Å². The van der Waals surface area contributed by atoms with Gasteiger partial charge in [-0.2, -0.15) is 0 Å². The van der Waals surface area contributed by atoms with Crippen LogP contribution in [0.3, 0.4) is 0 Å². The van der Waals surface area contributed by atoms with E-state index in [0.717, 1.165) is 6.54 Å². The summed E-state index contributed by atoms with van der Waals surface area (Å²) in [7, 11) is 1.71. The SMILES string of the molecule is CNC(=O)CCN1CCC2(CCCC2)CC1. The summed E-state index contributed by atoms with van der Waals surface area (Å²) in [5.41, 5.74) is 0.698. The second-order valence-electron chi connectivity index (χ2n) is 5.47. The molecule has 16 heavy (non-hydrogen) atoms. The monoisotopic (exact) mass is 224 g/mol. The maximum atomic E-state index is 11.2. The van der Waals surface area contributed by atoms with E-state index in [2.05, 4.69) is 10.2 Å². The Balaban J connectivity index is 1.70. The number of nitrogens with one attached hydrogen (secondary N) is 1. The molecule has 2 aliphatic rings. The van der Waals surface area contributed by atoms with Crippen LogP contribution in [0.4, 0.5) is 0 Å². The van der Waals surface area contributed by atoms with Gasteiger partial charge in [-0.05, 0) is 44.2 Å². The van der Waals surface area contributed by atoms with Crippen molar-refractivity contribution in [1.29, 1.82) is 0 Å². The number of likely N-dealkylation sites (tertiary alicyclic amines) is 1. The van der Waals surface area contributed by atoms with Crippen LogP contribution in [0.1, 0.15) is 44.9 Å². The van der Waals surface area contributed by atoms with E-state index in [1.54, 1.807) is 7.05 Å². The summed E-state index contributed by atoms with van der Waals surface area (Å²) in [4.78, 5) is 13.6. The summed E-state index contributed by atoms with van der Waals surface area (Å²) >= 11 is 0. The molecule has 1 aliphatic heterocycles. The predicted molar refractivity (Wildman–Crippen MR) is 65.3 cm³/mol. The highest BCUT2D eigenvalue weighted by Crippen LogP contribution is 2.45. The number of piperidine rings is 1. The molecule has 1 spiro atoms. The molecule has 1 saturated carbocycles. The quantitative estimate of drug-likeness (QED) is 0.792. The first kappa shape index (κ1) is 11.9. The fourth-order valence-corrected chi connectivity index (χ4v) is 3.26. The van der Waals surface area contributed by atoms with Crippen LogP contribution >= 0.6 is 0 Å². The van der Waals surface area contributed by atoms with Gasteiger partial charge in [0.25, 0.3) is 0 Å². The van der Waals surface area contributed by atoms with E-state index in [4.69, 9.17) is 0 Å². The van der Waals surface area contributed by atoms with E-state index >= 15 is 0 Å². The van der Waals surface area contributed by atoms with Crippen LogP contribution in [0.2, 0.25) is 0 Å². The van der Waals surface area contributed by atoms with Crippen LogP contribution in [0.15, 0.2) is 0 Å². The first-order chi connectivity index (χ1) is 7.74. The van der Waals surface area contributed by atoms with Crippen LogP contribution in [0, 0.1) is 5.41 Å². The molecule has 1 heterocycles. The summed E-state index contributed by atoms with van der Waals surface area (Å²) in [6, 6.07) is 0. The van der Waals surface area contributed by atoms with Gasteiger partial charge in [0.05, 0.1) is 0 Å². The Morgan fingerprint density at radius 3 is 2.38 bits per heavy atom. The van der Waals surface area contributed by atoms with E-state index in [9.17, 15) is 4.79 Å². The molecule has 3 nitrogen and oxygen atoms in total. The summed E-state index contributed by atoms with van der Waals surface area (Å²) in [6.45, 7) is 3.35. The van der Waals surface area contributed by atoms with E-state index in [1.807, 2.05) is 0 Å². The maximum absolute atomic E-state index is 11.2. The topological polar surface area (TPSA) is 32.3 Å². The molecule has 1 amide bonds. The maximum Gasteiger partial charge on any atom is 0.221 e. The normalized spacial score (nSPS) is 24.8. The van der Waals surface area contributed by atoms with Crippen molar-refractivity contribution in [3.63, 3.8) is 0 Å². The highest BCUT2D eigenvalue weighted by Gasteiger charge is 2.36. The summed E-state index contributed by atoms with van der Waals surface area (Å²) in [6.07, 6.45) is 9.17. The highest BCUT2D eigenvalue weighted by molar-refractivity contribution is 5.75. The molecule has 1 N–H and O–H groups in total. The van der Waals surface area contributed by atoms with Gasteiger partial charge >= 0.3 is 0 Å². The Morgan fingerprint density at radius 1 is 1.19 bits per heavy atom. The minimum absolute atomic E-state index is 0.168. The zero-order valence-electron chi connectivity index (χ0n) is 10.4. The summed E-state index contributed by atoms with van der Waals surface area (Å²) in [5.74, 6) is 0.168. The summed E-state index contributed by atoms with van der Waals surface area (Å²) < 4.78 is 0. The van der Waals surface area contributed by atoms with Crippen molar-refractivity contribution in [3.05, 3.63) is 0 Å². The van der Waals surface area contributed by atoms with Gasteiger partial charge in [0.1, 0.15) is 0 Å². The summed E-state index contributed by atoms with van der Waals surface area (Å²) in [5, 5.41) is 2.69. The Kier molecular flexibility index (Phi) is 3.85. The van der Waals surface area contributed by atoms with Crippen LogP contribution in [-0.2, 0) is 4.79 Å². The Hall–Kier alpha value is -0.570. The number of rotatable bonds is 3. The molecule has 1 aliphatic carbocycles. The van der Waals surface area contributed by atoms with E-state index in [0.29, 0.717) is 11.8 Å². The number of hydrogen-bond acceptors (Lipinski definition) is 2. The Bertz CT molecular complexity index is 236. The van der Waals surface area contributed by atoms with Crippen LogP contribution in [0.25, 0.3) is 0 Å². The molecule has 3 heteroatoms. The third-order valence-electron chi connectivity index (χ3n) is 4.51. The third-order valence-corrected chi connectivity index (χ3v) is 4.51. The largest absolute Gasteiger partial charge is 0.359 e. The molecule has 0 aromatic heterocycles. The second kappa shape index (κ2) is 5.17. The van der Waals surface area contributed by atoms with Crippen LogP contribution < -0.4 is 5.32 Å². The first-order valence-electron chi connectivity index (χ1n) is 6.67. The third kappa shape index (κ3) is 2.76. The van der Waals surface area contributed by atoms with Gasteiger partial charge in [-0.3, -0.25) is 4.79 Å². The number of nitrogens with zero attached hydrogens (tertiary/aromatic N) is 1. The van der Waals surface area contributed by atoms with Crippen molar-refractivity contribution < 1.29 is 4.79 Å². The predicted octanol–water partition coefficient (Wildman–Crippen LogP) is 1.78. The molecule has 92 valence electrons. The lowest BCUT2D eigenvalue weighted by molar-refractivity contribution is -0.121. The second-order valence-corrected chi connectivity index (χ2v) is 5.47. The molecule has 2 fully saturated rings. The molecule has 0 radical (unpaired) electrons. The van der Waals surface area contributed by atoms with Crippen molar-refractivity contribution in [1.82, 2.24) is 10.2 Å². The van der Waals surface area contributed by atoms with Gasteiger partial charge in [0.2, 0.25) is 5.91 Å². The lowest BCUT2D eigenvalue weighted by Crippen LogP contribution is -2.40. The van der Waals surface area contributed by atoms with Crippen molar-refractivity contribution in [2.24, 2.45) is 5.41 Å². The molecule has 2 rings (SSSR count). The van der Waals surface area contributed by atoms with E-state index < -0.39 is 0 Å². The fourth-order valence-electron chi connectivity index (χ4n) is 3.26. The fraction of sp³-hybridized carbons (Fsp3) is 0.923. The van der Waals surface area contributed by atoms with Gasteiger partial charge in [-0.15, -0.1) is 0 Å². The molecule has 0 bridgehead atoms. The average Bonchev–Trinajstić information content (AvgIpc) is 2.77. The van der Waals surface area contributed by atoms with Crippen molar-refractivity contribution >= 4 is 5.91 Å². The number of carbonyl (C=O) groups excluding carboxylic acids is 1. The molecule has 0 aromatic rings. The van der Waals surface area contributed by atoms with Gasteiger partial charge in [0.15, 0.2) is 0 Å². The average molecular weight is 224 g/mol. The molecule has 0 unspecified atom stereocenters. The van der Waals surface area contributed by atoms with Gasteiger partial charge in [-0.25, -0.2) is 0 Å². The van der Waals surface area contributed by atoms with Crippen molar-refractivity contribution in [2.75, 3.05) is 26.7 Å². The number of hydrogen-bond donors (Lipinski definition) is 1. The Labute approximate surface area is 98.6 Å². The minimum atomic E-state index is 0.168. The van der Waals surface area contributed by atoms with Crippen LogP contribution in [0.5, 0.6) is 0 Å². The lowest BCUT2D eigenvalue weighted by atomic mass is 9.77. The number of amides is 1. The molecule has 0 atom stereocenters. The minimum Gasteiger partial charge on any atom is -0.359 e. The zero-order valence-corrected chi connectivity index (χ0v) is 10.4. The van der Waals surface area contributed by atoms with Crippen molar-refractivity contribution in [3.8, 4) is 0 Å². The zero-order chi connectivity index (χ0) is 11.4. The van der Waals surface area contributed by atoms with Crippen molar-refractivity contribution in [2.45, 2.75) is 44.9 Å². The number of carbonyl (C=O) groups is 1. The van der Waals surface area contributed by atoms with E-state index in [-0.39, 0.29) is 5.91 Å². The molecular formula is C13H24N2O. The smallest absolute Gasteiger partial charge is 0.221 e. The highest BCUT2D eigenvalue weighted by atomic mass is 16.1. The van der Waals surface area contributed by atoms with Gasteiger partial charge < -0.3 is 10.2 Å². The van der Waals surface area contributed by atoms with Crippen LogP contribution in [-0.4, -0.2) is 37.5 Å². The van der Waals surface area contributed by atoms with Gasteiger partial charge in [-0.1, -0.05) is 12.8 Å². The molecule has 1 saturated heterocycles. The standard InChI is InChI=1S/C13H24N2O/c1-14-12(16)4-9-15-10-7-13(8-11-15)5-2-3-6-13/h2-11H2,1H3,(H,14,16). The first-order valence-corrected chi connectivity index (χ1v) is 6.67. The Morgan fingerprint density at radius 2 is 1.81 bits per heavy atom. The molecular weight excluding hydrogens is 200 g/mol. The molecule has 0 aromatic carbocycles.